The minimum absolute atomic E-state index is 0.163. The van der Waals surface area contributed by atoms with Crippen molar-refractivity contribution >= 4 is 44.2 Å². The van der Waals surface area contributed by atoms with Gasteiger partial charge in [0.05, 0.1) is 27.0 Å². The Bertz CT molecular complexity index is 1340. The molecule has 0 fully saturated rings. The van der Waals surface area contributed by atoms with E-state index in [0.29, 0.717) is 17.8 Å². The number of benzene rings is 2. The van der Waals surface area contributed by atoms with Gasteiger partial charge < -0.3 is 14.3 Å². The van der Waals surface area contributed by atoms with Crippen molar-refractivity contribution in [2.45, 2.75) is 20.4 Å². The second-order valence-corrected chi connectivity index (χ2v) is 8.38. The van der Waals surface area contributed by atoms with Crippen LogP contribution in [0.1, 0.15) is 26.6 Å². The third-order valence-electron chi connectivity index (χ3n) is 4.97. The number of anilines is 1. The van der Waals surface area contributed by atoms with E-state index in [4.69, 9.17) is 4.42 Å². The number of furan rings is 1. The van der Waals surface area contributed by atoms with Crippen molar-refractivity contribution in [2.24, 2.45) is 0 Å². The van der Waals surface area contributed by atoms with Gasteiger partial charge in [0.15, 0.2) is 5.58 Å². The van der Waals surface area contributed by atoms with Crippen molar-refractivity contribution in [3.63, 3.8) is 0 Å². The lowest BCUT2D eigenvalue weighted by Gasteiger charge is -2.11. The molecule has 0 saturated carbocycles. The van der Waals surface area contributed by atoms with Crippen LogP contribution in [0, 0.1) is 13.8 Å². The first-order valence-electron chi connectivity index (χ1n) is 9.38. The van der Waals surface area contributed by atoms with Crippen LogP contribution in [0.15, 0.2) is 65.3 Å². The molecule has 5 rings (SSSR count). The lowest BCUT2D eigenvalue weighted by atomic mass is 10.1. The van der Waals surface area contributed by atoms with Gasteiger partial charge in [-0.3, -0.25) is 4.79 Å². The summed E-state index contributed by atoms with van der Waals surface area (Å²) in [5.74, 6) is -0.163. The molecule has 0 aliphatic heterocycles. The molecule has 0 radical (unpaired) electrons. The molecule has 5 aromatic rings. The number of aryl methyl sites for hydroxylation is 2. The number of nitrogens with one attached hydrogen (secondary N) is 1. The van der Waals surface area contributed by atoms with E-state index < -0.39 is 0 Å². The van der Waals surface area contributed by atoms with Crippen LogP contribution in [0.25, 0.3) is 21.3 Å². The molecule has 0 aliphatic carbocycles. The molecule has 0 unspecified atom stereocenters. The maximum atomic E-state index is 13.1. The van der Waals surface area contributed by atoms with Gasteiger partial charge in [-0.15, -0.1) is 11.3 Å². The van der Waals surface area contributed by atoms with E-state index in [1.165, 1.54) is 5.56 Å². The van der Waals surface area contributed by atoms with Gasteiger partial charge in [-0.2, -0.15) is 0 Å². The Labute approximate surface area is 171 Å². The molecule has 0 aliphatic rings. The SMILES string of the molecule is Cc1ccc(Cn2c(C(=O)Nc3ccc4nc(C)sc4c3)cc3occc32)cc1. The molecule has 29 heavy (non-hydrogen) atoms. The van der Waals surface area contributed by atoms with Crippen LogP contribution in [0.5, 0.6) is 0 Å². The predicted molar refractivity (Wildman–Crippen MR) is 117 cm³/mol. The Balaban J connectivity index is 1.48. The maximum Gasteiger partial charge on any atom is 0.272 e. The Morgan fingerprint density at radius 1 is 1.10 bits per heavy atom. The number of hydrogen-bond donors (Lipinski definition) is 1. The van der Waals surface area contributed by atoms with Gasteiger partial charge in [-0.1, -0.05) is 29.8 Å². The number of thiazole rings is 1. The van der Waals surface area contributed by atoms with Crippen LogP contribution >= 0.6 is 11.3 Å². The van der Waals surface area contributed by atoms with Gasteiger partial charge in [-0.25, -0.2) is 4.98 Å². The topological polar surface area (TPSA) is 60.1 Å². The molecule has 3 aromatic heterocycles. The number of aromatic nitrogens is 2. The predicted octanol–water partition coefficient (Wildman–Crippen LogP) is 5.76. The molecule has 0 atom stereocenters. The lowest BCUT2D eigenvalue weighted by Crippen LogP contribution is -2.17. The first-order valence-corrected chi connectivity index (χ1v) is 10.2. The normalized spacial score (nSPS) is 11.4. The molecule has 1 N–H and O–H groups in total. The van der Waals surface area contributed by atoms with E-state index in [9.17, 15) is 4.79 Å². The van der Waals surface area contributed by atoms with Gasteiger partial charge in [0.1, 0.15) is 5.69 Å². The van der Waals surface area contributed by atoms with Crippen molar-refractivity contribution in [2.75, 3.05) is 5.32 Å². The molecule has 1 amide bonds. The van der Waals surface area contributed by atoms with Crippen molar-refractivity contribution in [1.82, 2.24) is 9.55 Å². The van der Waals surface area contributed by atoms with Crippen LogP contribution in [0.2, 0.25) is 0 Å². The van der Waals surface area contributed by atoms with Gasteiger partial charge >= 0.3 is 0 Å². The van der Waals surface area contributed by atoms with Crippen LogP contribution in [-0.4, -0.2) is 15.5 Å². The number of fused-ring (bicyclic) bond motifs is 2. The number of carbonyl (C=O) groups excluding carboxylic acids is 1. The molecular weight excluding hydrogens is 382 g/mol. The van der Waals surface area contributed by atoms with Crippen LogP contribution in [0.4, 0.5) is 5.69 Å². The van der Waals surface area contributed by atoms with E-state index in [1.807, 2.05) is 35.8 Å². The third-order valence-corrected chi connectivity index (χ3v) is 5.90. The second kappa shape index (κ2) is 6.90. The molecule has 6 heteroatoms. The summed E-state index contributed by atoms with van der Waals surface area (Å²) in [6.07, 6.45) is 1.65. The Morgan fingerprint density at radius 2 is 1.93 bits per heavy atom. The molecule has 3 heterocycles. The van der Waals surface area contributed by atoms with E-state index in [0.717, 1.165) is 32.0 Å². The zero-order chi connectivity index (χ0) is 20.0. The van der Waals surface area contributed by atoms with Crippen LogP contribution in [-0.2, 0) is 6.54 Å². The van der Waals surface area contributed by atoms with Gasteiger partial charge in [0.2, 0.25) is 0 Å². The highest BCUT2D eigenvalue weighted by molar-refractivity contribution is 7.18. The summed E-state index contributed by atoms with van der Waals surface area (Å²) in [7, 11) is 0. The Hall–Kier alpha value is -3.38. The number of hydrogen-bond acceptors (Lipinski definition) is 4. The summed E-state index contributed by atoms with van der Waals surface area (Å²) in [5, 5.41) is 4.03. The zero-order valence-electron chi connectivity index (χ0n) is 16.1. The Kier molecular flexibility index (Phi) is 4.21. The van der Waals surface area contributed by atoms with E-state index >= 15 is 0 Å². The quantitative estimate of drug-likeness (QED) is 0.416. The van der Waals surface area contributed by atoms with Gasteiger partial charge in [-0.05, 0) is 37.6 Å². The minimum Gasteiger partial charge on any atom is -0.463 e. The fourth-order valence-electron chi connectivity index (χ4n) is 3.52. The molecule has 5 nitrogen and oxygen atoms in total. The van der Waals surface area contributed by atoms with Gasteiger partial charge in [0, 0.05) is 24.4 Å². The molecular formula is C23H19N3O2S. The summed E-state index contributed by atoms with van der Waals surface area (Å²) < 4.78 is 8.60. The second-order valence-electron chi connectivity index (χ2n) is 7.14. The van der Waals surface area contributed by atoms with E-state index in [1.54, 1.807) is 23.7 Å². The molecule has 144 valence electrons. The van der Waals surface area contributed by atoms with E-state index in [-0.39, 0.29) is 5.91 Å². The zero-order valence-corrected chi connectivity index (χ0v) is 16.9. The summed E-state index contributed by atoms with van der Waals surface area (Å²) >= 11 is 1.62. The van der Waals surface area contributed by atoms with Crippen molar-refractivity contribution in [3.05, 3.63) is 82.7 Å². The molecule has 0 bridgehead atoms. The third kappa shape index (κ3) is 3.32. The minimum atomic E-state index is -0.163. The van der Waals surface area contributed by atoms with Crippen LogP contribution < -0.4 is 5.32 Å². The fraction of sp³-hybridized carbons (Fsp3) is 0.130. The highest BCUT2D eigenvalue weighted by Crippen LogP contribution is 2.27. The summed E-state index contributed by atoms with van der Waals surface area (Å²) in [5.41, 5.74) is 6.23. The standard InChI is InChI=1S/C23H19N3O2S/c1-14-3-5-16(6-4-14)13-26-19-9-10-28-21(19)12-20(26)23(27)25-17-7-8-18-22(11-17)29-15(2)24-18/h3-12H,13H2,1-2H3,(H,25,27). The Morgan fingerprint density at radius 3 is 2.76 bits per heavy atom. The van der Waals surface area contributed by atoms with E-state index in [2.05, 4.69) is 41.5 Å². The highest BCUT2D eigenvalue weighted by Gasteiger charge is 2.18. The average molecular weight is 401 g/mol. The summed E-state index contributed by atoms with van der Waals surface area (Å²) in [4.78, 5) is 17.6. The van der Waals surface area contributed by atoms with Gasteiger partial charge in [0.25, 0.3) is 5.91 Å². The first-order chi connectivity index (χ1) is 14.1. The van der Waals surface area contributed by atoms with Crippen LogP contribution in [0.3, 0.4) is 0 Å². The number of nitrogens with zero attached hydrogens (tertiary/aromatic N) is 2. The molecule has 0 saturated heterocycles. The van der Waals surface area contributed by atoms with Crippen molar-refractivity contribution in [1.29, 1.82) is 0 Å². The number of rotatable bonds is 4. The summed E-state index contributed by atoms with van der Waals surface area (Å²) in [6.45, 7) is 4.64. The largest absolute Gasteiger partial charge is 0.463 e. The lowest BCUT2D eigenvalue weighted by molar-refractivity contribution is 0.101. The monoisotopic (exact) mass is 401 g/mol. The van der Waals surface area contributed by atoms with Crippen molar-refractivity contribution in [3.8, 4) is 0 Å². The smallest absolute Gasteiger partial charge is 0.272 e. The molecule has 2 aromatic carbocycles. The first kappa shape index (κ1) is 17.7. The fourth-order valence-corrected chi connectivity index (χ4v) is 4.39. The van der Waals surface area contributed by atoms with Crippen molar-refractivity contribution < 1.29 is 9.21 Å². The highest BCUT2D eigenvalue weighted by atomic mass is 32.1. The summed E-state index contributed by atoms with van der Waals surface area (Å²) in [6, 6.07) is 17.8. The molecule has 0 spiro atoms. The number of carbonyl (C=O) groups is 1. The maximum absolute atomic E-state index is 13.1. The average Bonchev–Trinajstić information content (AvgIpc) is 3.38. The number of amides is 1.